The van der Waals surface area contributed by atoms with E-state index in [0.29, 0.717) is 34.4 Å². The highest BCUT2D eigenvalue weighted by Gasteiger charge is 2.12. The molecule has 0 unspecified atom stereocenters. The zero-order chi connectivity index (χ0) is 22.8. The number of nitrogens with zero attached hydrogens (tertiary/aromatic N) is 1. The molecule has 3 N–H and O–H groups in total. The Morgan fingerprint density at radius 3 is 2.44 bits per heavy atom. The molecule has 3 rings (SSSR count). The second-order valence-corrected chi connectivity index (χ2v) is 7.38. The summed E-state index contributed by atoms with van der Waals surface area (Å²) in [5.41, 5.74) is 2.05. The van der Waals surface area contributed by atoms with Gasteiger partial charge in [0.15, 0.2) is 5.13 Å². The van der Waals surface area contributed by atoms with Crippen LogP contribution in [0.5, 0.6) is 0 Å². The van der Waals surface area contributed by atoms with Gasteiger partial charge >= 0.3 is 6.09 Å². The van der Waals surface area contributed by atoms with Crippen molar-refractivity contribution in [3.05, 3.63) is 71.2 Å². The molecule has 0 aliphatic rings. The van der Waals surface area contributed by atoms with E-state index in [1.165, 1.54) is 18.4 Å². The predicted octanol–water partition coefficient (Wildman–Crippen LogP) is 3.77. The molecule has 0 bridgehead atoms. The minimum Gasteiger partial charge on any atom is -0.447 e. The molecule has 0 aliphatic carbocycles. The lowest BCUT2D eigenvalue weighted by Gasteiger charge is -2.09. The van der Waals surface area contributed by atoms with Crippen LogP contribution in [0.2, 0.25) is 0 Å². The number of amides is 3. The number of rotatable bonds is 9. The molecule has 3 amide bonds. The van der Waals surface area contributed by atoms with Crippen molar-refractivity contribution < 1.29 is 23.9 Å². The van der Waals surface area contributed by atoms with Crippen molar-refractivity contribution >= 4 is 45.8 Å². The van der Waals surface area contributed by atoms with E-state index in [0.717, 1.165) is 0 Å². The Labute approximate surface area is 188 Å². The molecule has 166 valence electrons. The normalized spacial score (nSPS) is 10.3. The number of hydrogen-bond donors (Lipinski definition) is 3. The molecule has 1 heterocycles. The van der Waals surface area contributed by atoms with Gasteiger partial charge < -0.3 is 14.8 Å². The van der Waals surface area contributed by atoms with Gasteiger partial charge in [0.05, 0.1) is 18.7 Å². The third-order valence-electron chi connectivity index (χ3n) is 4.06. The van der Waals surface area contributed by atoms with Crippen molar-refractivity contribution in [3.63, 3.8) is 0 Å². The molecule has 2 aromatic carbocycles. The van der Waals surface area contributed by atoms with Gasteiger partial charge in [0.25, 0.3) is 5.91 Å². The number of methoxy groups -OCH3 is 1. The fourth-order valence-electron chi connectivity index (χ4n) is 2.62. The zero-order valence-electron chi connectivity index (χ0n) is 17.3. The molecule has 0 spiro atoms. The topological polar surface area (TPSA) is 119 Å². The van der Waals surface area contributed by atoms with Crippen LogP contribution >= 0.6 is 11.3 Å². The van der Waals surface area contributed by atoms with Crippen LogP contribution in [0.3, 0.4) is 0 Å². The van der Waals surface area contributed by atoms with E-state index in [9.17, 15) is 14.4 Å². The van der Waals surface area contributed by atoms with E-state index >= 15 is 0 Å². The lowest BCUT2D eigenvalue weighted by Crippen LogP contribution is -2.17. The molecular weight excluding hydrogens is 432 g/mol. The predicted molar refractivity (Wildman–Crippen MR) is 122 cm³/mol. The van der Waals surface area contributed by atoms with Gasteiger partial charge in [-0.3, -0.25) is 20.2 Å². The monoisotopic (exact) mass is 454 g/mol. The second-order valence-electron chi connectivity index (χ2n) is 6.52. The lowest BCUT2D eigenvalue weighted by atomic mass is 10.2. The van der Waals surface area contributed by atoms with Gasteiger partial charge in [0, 0.05) is 29.4 Å². The Morgan fingerprint density at radius 2 is 1.69 bits per heavy atom. The van der Waals surface area contributed by atoms with Crippen molar-refractivity contribution in [3.8, 4) is 0 Å². The number of carbonyl (C=O) groups is 3. The van der Waals surface area contributed by atoms with Crippen LogP contribution < -0.4 is 16.0 Å². The maximum atomic E-state index is 12.4. The minimum absolute atomic E-state index is 0.0361. The Morgan fingerprint density at radius 1 is 0.938 bits per heavy atom. The van der Waals surface area contributed by atoms with Crippen molar-refractivity contribution in [2.24, 2.45) is 0 Å². The van der Waals surface area contributed by atoms with Crippen LogP contribution in [0.25, 0.3) is 0 Å². The van der Waals surface area contributed by atoms with Crippen molar-refractivity contribution in [1.29, 1.82) is 0 Å². The fourth-order valence-corrected chi connectivity index (χ4v) is 3.33. The van der Waals surface area contributed by atoms with E-state index in [2.05, 4.69) is 20.9 Å². The molecule has 32 heavy (non-hydrogen) atoms. The summed E-state index contributed by atoms with van der Waals surface area (Å²) in [5.74, 6) is -0.544. The lowest BCUT2D eigenvalue weighted by molar-refractivity contribution is -0.115. The van der Waals surface area contributed by atoms with Crippen LogP contribution in [-0.2, 0) is 20.7 Å². The number of carbonyl (C=O) groups excluding carboxylic acids is 3. The molecule has 0 atom stereocenters. The summed E-state index contributed by atoms with van der Waals surface area (Å²) in [7, 11) is 1.51. The minimum atomic E-state index is -0.613. The fraction of sp³-hybridized carbons (Fsp3) is 0.182. The average Bonchev–Trinajstić information content (AvgIpc) is 3.21. The van der Waals surface area contributed by atoms with Crippen LogP contribution in [-0.4, -0.2) is 43.2 Å². The zero-order valence-corrected chi connectivity index (χ0v) is 18.1. The average molecular weight is 455 g/mol. The van der Waals surface area contributed by atoms with Gasteiger partial charge in [-0.2, -0.15) is 0 Å². The summed E-state index contributed by atoms with van der Waals surface area (Å²) < 4.78 is 9.76. The number of ether oxygens (including phenoxy) is 2. The summed E-state index contributed by atoms with van der Waals surface area (Å²) in [6.07, 6.45) is -0.577. The highest BCUT2D eigenvalue weighted by atomic mass is 32.1. The largest absolute Gasteiger partial charge is 0.447 e. The Balaban J connectivity index is 1.50. The van der Waals surface area contributed by atoms with Crippen LogP contribution in [0.15, 0.2) is 60.0 Å². The van der Waals surface area contributed by atoms with Crippen molar-refractivity contribution in [2.75, 3.05) is 36.3 Å². The first-order valence-corrected chi connectivity index (χ1v) is 10.5. The van der Waals surface area contributed by atoms with Crippen LogP contribution in [0, 0.1) is 0 Å². The first kappa shape index (κ1) is 22.9. The summed E-state index contributed by atoms with van der Waals surface area (Å²) in [5, 5.41) is 10.2. The SMILES string of the molecule is COCCOC(=O)Nc1cccc(NC(=O)Cc2csc(NC(=O)c3ccccc3)n2)c1. The third-order valence-corrected chi connectivity index (χ3v) is 4.87. The maximum Gasteiger partial charge on any atom is 0.411 e. The van der Waals surface area contributed by atoms with Crippen LogP contribution in [0.1, 0.15) is 16.1 Å². The molecule has 0 fully saturated rings. The van der Waals surface area contributed by atoms with E-state index < -0.39 is 6.09 Å². The number of anilines is 3. The first-order valence-electron chi connectivity index (χ1n) is 9.67. The van der Waals surface area contributed by atoms with Crippen molar-refractivity contribution in [1.82, 2.24) is 4.98 Å². The van der Waals surface area contributed by atoms with Gasteiger partial charge in [-0.15, -0.1) is 11.3 Å². The van der Waals surface area contributed by atoms with Crippen LogP contribution in [0.4, 0.5) is 21.3 Å². The smallest absolute Gasteiger partial charge is 0.411 e. The van der Waals surface area contributed by atoms with Gasteiger partial charge in [-0.25, -0.2) is 9.78 Å². The quantitative estimate of drug-likeness (QED) is 0.424. The highest BCUT2D eigenvalue weighted by molar-refractivity contribution is 7.14. The molecular formula is C22H22N4O5S. The maximum absolute atomic E-state index is 12.4. The first-order chi connectivity index (χ1) is 15.5. The van der Waals surface area contributed by atoms with E-state index in [-0.39, 0.29) is 24.8 Å². The van der Waals surface area contributed by atoms with Gasteiger partial charge in [0.2, 0.25) is 5.91 Å². The van der Waals surface area contributed by atoms with E-state index in [4.69, 9.17) is 9.47 Å². The number of nitrogens with one attached hydrogen (secondary N) is 3. The number of thiazole rings is 1. The second kappa shape index (κ2) is 11.6. The van der Waals surface area contributed by atoms with Gasteiger partial charge in [0.1, 0.15) is 6.61 Å². The van der Waals surface area contributed by atoms with E-state index in [1.54, 1.807) is 53.9 Å². The number of hydrogen-bond acceptors (Lipinski definition) is 7. The molecule has 0 aliphatic heterocycles. The highest BCUT2D eigenvalue weighted by Crippen LogP contribution is 2.19. The Kier molecular flexibility index (Phi) is 8.29. The van der Waals surface area contributed by atoms with Crippen molar-refractivity contribution in [2.45, 2.75) is 6.42 Å². The van der Waals surface area contributed by atoms with Gasteiger partial charge in [-0.1, -0.05) is 24.3 Å². The van der Waals surface area contributed by atoms with Gasteiger partial charge in [-0.05, 0) is 30.3 Å². The molecule has 1 aromatic heterocycles. The molecule has 3 aromatic rings. The molecule has 0 saturated heterocycles. The number of aromatic nitrogens is 1. The van der Waals surface area contributed by atoms with E-state index in [1.807, 2.05) is 6.07 Å². The summed E-state index contributed by atoms with van der Waals surface area (Å²) in [6.45, 7) is 0.442. The number of benzene rings is 2. The third kappa shape index (κ3) is 7.18. The molecule has 9 nitrogen and oxygen atoms in total. The summed E-state index contributed by atoms with van der Waals surface area (Å²) in [4.78, 5) is 40.6. The Bertz CT molecular complexity index is 1070. The summed E-state index contributed by atoms with van der Waals surface area (Å²) >= 11 is 1.24. The summed E-state index contributed by atoms with van der Waals surface area (Å²) in [6, 6.07) is 15.5. The molecule has 10 heteroatoms. The molecule has 0 radical (unpaired) electrons. The Hall–Kier alpha value is -3.76. The molecule has 0 saturated carbocycles. The standard InChI is InChI=1S/C22H22N4O5S/c1-30-10-11-31-22(29)25-17-9-5-8-16(12-17)23-19(27)13-18-14-32-21(24-18)26-20(28)15-6-3-2-4-7-15/h2-9,12,14H,10-11,13H2,1H3,(H,23,27)(H,25,29)(H,24,26,28).